The maximum Gasteiger partial charge on any atom is 0.277 e. The van der Waals surface area contributed by atoms with Gasteiger partial charge in [0.15, 0.2) is 6.61 Å². The Kier molecular flexibility index (Phi) is 6.01. The highest BCUT2D eigenvalue weighted by atomic mass is 79.9. The topological polar surface area (TPSA) is 70.9 Å². The zero-order valence-corrected chi connectivity index (χ0v) is 14.6. The van der Waals surface area contributed by atoms with E-state index in [-0.39, 0.29) is 12.4 Å². The van der Waals surface area contributed by atoms with E-state index in [4.69, 9.17) is 16.3 Å². The lowest BCUT2D eigenvalue weighted by molar-refractivity contribution is -0.123. The van der Waals surface area contributed by atoms with Crippen molar-refractivity contribution >= 4 is 39.7 Å². The largest absolute Gasteiger partial charge is 0.508 e. The maximum absolute atomic E-state index is 11.7. The summed E-state index contributed by atoms with van der Waals surface area (Å²) in [5.41, 5.74) is 3.86. The number of nitrogens with zero attached hydrogens (tertiary/aromatic N) is 1. The van der Waals surface area contributed by atoms with Crippen LogP contribution in [0.4, 0.5) is 0 Å². The highest BCUT2D eigenvalue weighted by Gasteiger charge is 2.03. The van der Waals surface area contributed by atoms with Gasteiger partial charge in [0.25, 0.3) is 5.91 Å². The number of phenols is 1. The van der Waals surface area contributed by atoms with Gasteiger partial charge in [-0.1, -0.05) is 27.5 Å². The Labute approximate surface area is 147 Å². The number of carbonyl (C=O) groups is 1. The molecule has 0 aliphatic carbocycles. The predicted octanol–water partition coefficient (Wildman–Crippen LogP) is 3.65. The molecular weight excluding hydrogens is 384 g/mol. The van der Waals surface area contributed by atoms with E-state index in [0.717, 1.165) is 10.0 Å². The highest BCUT2D eigenvalue weighted by molar-refractivity contribution is 9.10. The Morgan fingerprint density at radius 1 is 1.39 bits per heavy atom. The van der Waals surface area contributed by atoms with Crippen LogP contribution in [-0.2, 0) is 4.79 Å². The summed E-state index contributed by atoms with van der Waals surface area (Å²) in [6, 6.07) is 9.90. The molecule has 0 aliphatic heterocycles. The van der Waals surface area contributed by atoms with Crippen LogP contribution in [0.15, 0.2) is 46.0 Å². The number of aryl methyl sites for hydroxylation is 1. The van der Waals surface area contributed by atoms with Crippen molar-refractivity contribution in [2.75, 3.05) is 6.61 Å². The van der Waals surface area contributed by atoms with Crippen LogP contribution in [0.2, 0.25) is 5.02 Å². The van der Waals surface area contributed by atoms with E-state index in [1.54, 1.807) is 30.3 Å². The molecule has 0 unspecified atom stereocenters. The van der Waals surface area contributed by atoms with Crippen LogP contribution in [0.5, 0.6) is 11.5 Å². The minimum absolute atomic E-state index is 0.113. The highest BCUT2D eigenvalue weighted by Crippen LogP contribution is 2.21. The third-order valence-electron chi connectivity index (χ3n) is 2.87. The lowest BCUT2D eigenvalue weighted by Gasteiger charge is -2.06. The summed E-state index contributed by atoms with van der Waals surface area (Å²) in [7, 11) is 0. The molecule has 0 radical (unpaired) electrons. The van der Waals surface area contributed by atoms with Gasteiger partial charge in [0.05, 0.1) is 6.21 Å². The van der Waals surface area contributed by atoms with Gasteiger partial charge in [-0.05, 0) is 48.9 Å². The predicted molar refractivity (Wildman–Crippen MR) is 93.2 cm³/mol. The van der Waals surface area contributed by atoms with E-state index in [0.29, 0.717) is 16.3 Å². The van der Waals surface area contributed by atoms with Gasteiger partial charge in [-0.2, -0.15) is 5.10 Å². The smallest absolute Gasteiger partial charge is 0.277 e. The zero-order chi connectivity index (χ0) is 16.8. The van der Waals surface area contributed by atoms with Crippen LogP contribution >= 0.6 is 27.5 Å². The van der Waals surface area contributed by atoms with Crippen molar-refractivity contribution in [3.8, 4) is 11.5 Å². The standard InChI is InChI=1S/C16H14BrClN2O3/c1-10-6-13(3-5-15(10)18)23-9-16(22)20-19-8-11-7-12(21)2-4-14(11)17/h2-8,21H,9H2,1H3,(H,20,22)/b19-8-. The number of hydrazone groups is 1. The molecule has 0 fully saturated rings. The Bertz CT molecular complexity index is 750. The summed E-state index contributed by atoms with van der Waals surface area (Å²) in [5.74, 6) is 0.273. The number of carbonyl (C=O) groups excluding carboxylic acids is 1. The van der Waals surface area contributed by atoms with Gasteiger partial charge in [-0.25, -0.2) is 5.43 Å². The van der Waals surface area contributed by atoms with Crippen molar-refractivity contribution < 1.29 is 14.6 Å². The fourth-order valence-electron chi connectivity index (χ4n) is 1.69. The second kappa shape index (κ2) is 7.99. The third kappa shape index (κ3) is 5.26. The average Bonchev–Trinajstić information content (AvgIpc) is 2.52. The average molecular weight is 398 g/mol. The molecule has 5 nitrogen and oxygen atoms in total. The SMILES string of the molecule is Cc1cc(OCC(=O)N/N=C\c2cc(O)ccc2Br)ccc1Cl. The lowest BCUT2D eigenvalue weighted by Crippen LogP contribution is -2.24. The van der Waals surface area contributed by atoms with Gasteiger partial charge in [0.1, 0.15) is 11.5 Å². The van der Waals surface area contributed by atoms with Crippen molar-refractivity contribution in [1.29, 1.82) is 0 Å². The molecular formula is C16H14BrClN2O3. The number of amides is 1. The van der Waals surface area contributed by atoms with E-state index in [1.807, 2.05) is 6.92 Å². The molecule has 0 saturated heterocycles. The minimum atomic E-state index is -0.398. The number of aromatic hydroxyl groups is 1. The summed E-state index contributed by atoms with van der Waals surface area (Å²) in [4.78, 5) is 11.7. The van der Waals surface area contributed by atoms with Crippen molar-refractivity contribution in [2.24, 2.45) is 5.10 Å². The zero-order valence-electron chi connectivity index (χ0n) is 12.2. The first-order valence-corrected chi connectivity index (χ1v) is 7.82. The number of hydrogen-bond acceptors (Lipinski definition) is 4. The van der Waals surface area contributed by atoms with Gasteiger partial charge in [0, 0.05) is 15.1 Å². The van der Waals surface area contributed by atoms with Gasteiger partial charge in [-0.3, -0.25) is 4.79 Å². The molecule has 0 spiro atoms. The summed E-state index contributed by atoms with van der Waals surface area (Å²) < 4.78 is 6.11. The van der Waals surface area contributed by atoms with E-state index < -0.39 is 5.91 Å². The molecule has 0 saturated carbocycles. The lowest BCUT2D eigenvalue weighted by atomic mass is 10.2. The fourth-order valence-corrected chi connectivity index (χ4v) is 2.16. The van der Waals surface area contributed by atoms with Crippen LogP contribution in [0.1, 0.15) is 11.1 Å². The molecule has 0 aliphatic rings. The number of halogens is 2. The number of ether oxygens (including phenoxy) is 1. The van der Waals surface area contributed by atoms with Crippen LogP contribution < -0.4 is 10.2 Å². The normalized spacial score (nSPS) is 10.7. The molecule has 0 atom stereocenters. The van der Waals surface area contributed by atoms with Crippen molar-refractivity contribution in [3.63, 3.8) is 0 Å². The van der Waals surface area contributed by atoms with E-state index in [1.165, 1.54) is 12.3 Å². The number of nitrogens with one attached hydrogen (secondary N) is 1. The molecule has 120 valence electrons. The second-order valence-electron chi connectivity index (χ2n) is 4.70. The summed E-state index contributed by atoms with van der Waals surface area (Å²) in [6.45, 7) is 1.69. The van der Waals surface area contributed by atoms with Crippen LogP contribution in [0.3, 0.4) is 0 Å². The fraction of sp³-hybridized carbons (Fsp3) is 0.125. The van der Waals surface area contributed by atoms with Gasteiger partial charge in [-0.15, -0.1) is 0 Å². The molecule has 2 rings (SSSR count). The molecule has 7 heteroatoms. The van der Waals surface area contributed by atoms with Crippen molar-refractivity contribution in [3.05, 3.63) is 57.0 Å². The molecule has 0 bridgehead atoms. The molecule has 2 aromatic carbocycles. The molecule has 2 aromatic rings. The van der Waals surface area contributed by atoms with Crippen molar-refractivity contribution in [2.45, 2.75) is 6.92 Å². The number of rotatable bonds is 5. The Morgan fingerprint density at radius 3 is 2.91 bits per heavy atom. The molecule has 1 amide bonds. The maximum atomic E-state index is 11.7. The van der Waals surface area contributed by atoms with Crippen LogP contribution in [0.25, 0.3) is 0 Å². The molecule has 0 aromatic heterocycles. The first-order chi connectivity index (χ1) is 11.0. The molecule has 0 heterocycles. The van der Waals surface area contributed by atoms with Crippen molar-refractivity contribution in [1.82, 2.24) is 5.43 Å². The first kappa shape index (κ1) is 17.3. The summed E-state index contributed by atoms with van der Waals surface area (Å²) >= 11 is 9.24. The number of phenolic OH excluding ortho intramolecular Hbond substituents is 1. The summed E-state index contributed by atoms with van der Waals surface area (Å²) in [6.07, 6.45) is 1.42. The van der Waals surface area contributed by atoms with Crippen LogP contribution in [-0.4, -0.2) is 23.8 Å². The van der Waals surface area contributed by atoms with E-state index >= 15 is 0 Å². The Hall–Kier alpha value is -2.05. The molecule has 2 N–H and O–H groups in total. The number of benzene rings is 2. The van der Waals surface area contributed by atoms with Gasteiger partial charge < -0.3 is 9.84 Å². The Morgan fingerprint density at radius 2 is 2.17 bits per heavy atom. The third-order valence-corrected chi connectivity index (χ3v) is 4.02. The minimum Gasteiger partial charge on any atom is -0.508 e. The van der Waals surface area contributed by atoms with Gasteiger partial charge >= 0.3 is 0 Å². The van der Waals surface area contributed by atoms with Gasteiger partial charge in [0.2, 0.25) is 0 Å². The number of hydrogen-bond donors (Lipinski definition) is 2. The quantitative estimate of drug-likeness (QED) is 0.598. The van der Waals surface area contributed by atoms with E-state index in [9.17, 15) is 9.90 Å². The molecule has 23 heavy (non-hydrogen) atoms. The summed E-state index contributed by atoms with van der Waals surface area (Å²) in [5, 5.41) is 13.9. The monoisotopic (exact) mass is 396 g/mol. The second-order valence-corrected chi connectivity index (χ2v) is 5.96. The van der Waals surface area contributed by atoms with Crippen LogP contribution in [0, 0.1) is 6.92 Å². The first-order valence-electron chi connectivity index (χ1n) is 6.65. The Balaban J connectivity index is 1.86. The van der Waals surface area contributed by atoms with E-state index in [2.05, 4.69) is 26.5 Å².